The number of carbonyl (C=O) groups excluding carboxylic acids is 1. The van der Waals surface area contributed by atoms with Crippen molar-refractivity contribution in [2.24, 2.45) is 5.41 Å². The van der Waals surface area contributed by atoms with Crippen molar-refractivity contribution in [3.8, 4) is 5.75 Å². The Labute approximate surface area is 150 Å². The molecule has 1 aliphatic carbocycles. The topological polar surface area (TPSA) is 50.8 Å². The van der Waals surface area contributed by atoms with Gasteiger partial charge in [0.05, 0.1) is 25.7 Å². The number of benzene rings is 1. The van der Waals surface area contributed by atoms with Gasteiger partial charge in [-0.25, -0.2) is 0 Å². The van der Waals surface area contributed by atoms with E-state index in [-0.39, 0.29) is 17.4 Å². The molecule has 138 valence electrons. The van der Waals surface area contributed by atoms with Crippen molar-refractivity contribution in [1.82, 2.24) is 10.2 Å². The van der Waals surface area contributed by atoms with E-state index in [1.807, 2.05) is 30.3 Å². The highest BCUT2D eigenvalue weighted by molar-refractivity contribution is 5.76. The Bertz CT molecular complexity index is 557. The first-order valence-corrected chi connectivity index (χ1v) is 9.37. The molecular weight excluding hydrogens is 316 g/mol. The van der Waals surface area contributed by atoms with Crippen LogP contribution in [-0.4, -0.2) is 55.8 Å². The van der Waals surface area contributed by atoms with Crippen LogP contribution in [0.1, 0.15) is 33.1 Å². The molecule has 2 fully saturated rings. The normalized spacial score (nSPS) is 22.6. The summed E-state index contributed by atoms with van der Waals surface area (Å²) in [4.78, 5) is 14.7. The van der Waals surface area contributed by atoms with E-state index >= 15 is 0 Å². The molecule has 0 spiro atoms. The zero-order valence-electron chi connectivity index (χ0n) is 15.4. The Balaban J connectivity index is 1.38. The van der Waals surface area contributed by atoms with Crippen LogP contribution in [0.5, 0.6) is 5.75 Å². The van der Waals surface area contributed by atoms with Crippen molar-refractivity contribution in [3.05, 3.63) is 30.3 Å². The third-order valence-electron chi connectivity index (χ3n) is 5.22. The van der Waals surface area contributed by atoms with Crippen LogP contribution in [0.3, 0.4) is 0 Å². The lowest BCUT2D eigenvalue weighted by atomic mass is 10.1. The van der Waals surface area contributed by atoms with Gasteiger partial charge in [0, 0.05) is 31.1 Å². The molecule has 1 atom stereocenters. The average Bonchev–Trinajstić information content (AvgIpc) is 3.40. The average molecular weight is 346 g/mol. The van der Waals surface area contributed by atoms with Gasteiger partial charge in [-0.15, -0.1) is 0 Å². The number of rotatable bonds is 8. The summed E-state index contributed by atoms with van der Waals surface area (Å²) in [5, 5.41) is 3.10. The van der Waals surface area contributed by atoms with Gasteiger partial charge in [0.2, 0.25) is 5.91 Å². The van der Waals surface area contributed by atoms with Crippen LogP contribution in [-0.2, 0) is 9.53 Å². The third-order valence-corrected chi connectivity index (χ3v) is 5.22. The third kappa shape index (κ3) is 5.44. The monoisotopic (exact) mass is 346 g/mol. The summed E-state index contributed by atoms with van der Waals surface area (Å²) >= 11 is 0. The first-order valence-electron chi connectivity index (χ1n) is 9.37. The lowest BCUT2D eigenvalue weighted by molar-refractivity contribution is -0.126. The Morgan fingerprint density at radius 3 is 2.80 bits per heavy atom. The maximum absolute atomic E-state index is 12.3. The van der Waals surface area contributed by atoms with E-state index in [0.29, 0.717) is 32.2 Å². The summed E-state index contributed by atoms with van der Waals surface area (Å²) < 4.78 is 11.6. The van der Waals surface area contributed by atoms with Crippen LogP contribution in [0.4, 0.5) is 0 Å². The molecule has 5 nitrogen and oxygen atoms in total. The van der Waals surface area contributed by atoms with Crippen LogP contribution in [0.15, 0.2) is 30.3 Å². The zero-order valence-corrected chi connectivity index (χ0v) is 15.4. The van der Waals surface area contributed by atoms with Crippen molar-refractivity contribution >= 4 is 5.91 Å². The van der Waals surface area contributed by atoms with Crippen molar-refractivity contribution in [1.29, 1.82) is 0 Å². The number of morpholine rings is 1. The minimum atomic E-state index is 0.00636. The molecule has 1 aromatic carbocycles. The van der Waals surface area contributed by atoms with Gasteiger partial charge in [0.25, 0.3) is 0 Å². The number of carbonyl (C=O) groups is 1. The molecule has 1 saturated heterocycles. The van der Waals surface area contributed by atoms with Crippen molar-refractivity contribution in [2.75, 3.05) is 32.8 Å². The van der Waals surface area contributed by atoms with E-state index in [1.165, 1.54) is 0 Å². The standard InChI is InChI=1S/C20H30N2O3/c1-16(2)22-10-11-24-18(13-22)12-19(23)21-14-20(8-9-20)15-25-17-6-4-3-5-7-17/h3-7,16,18H,8-15H2,1-2H3,(H,21,23)/t18-/m1/s1. The summed E-state index contributed by atoms with van der Waals surface area (Å²) in [5.74, 6) is 0.978. The number of ether oxygens (including phenoxy) is 2. The maximum atomic E-state index is 12.3. The molecule has 25 heavy (non-hydrogen) atoms. The summed E-state index contributed by atoms with van der Waals surface area (Å²) in [6, 6.07) is 10.4. The Morgan fingerprint density at radius 1 is 1.36 bits per heavy atom. The van der Waals surface area contributed by atoms with Crippen molar-refractivity contribution < 1.29 is 14.3 Å². The predicted molar refractivity (Wildman–Crippen MR) is 97.7 cm³/mol. The molecule has 1 N–H and O–H groups in total. The summed E-state index contributed by atoms with van der Waals surface area (Å²) in [7, 11) is 0. The molecular formula is C20H30N2O3. The van der Waals surface area contributed by atoms with Crippen molar-refractivity contribution in [3.63, 3.8) is 0 Å². The van der Waals surface area contributed by atoms with E-state index in [2.05, 4.69) is 24.1 Å². The van der Waals surface area contributed by atoms with E-state index in [9.17, 15) is 4.79 Å². The van der Waals surface area contributed by atoms with E-state index in [4.69, 9.17) is 9.47 Å². The van der Waals surface area contributed by atoms with E-state index in [1.54, 1.807) is 0 Å². The molecule has 1 heterocycles. The highest BCUT2D eigenvalue weighted by Crippen LogP contribution is 2.45. The fourth-order valence-corrected chi connectivity index (χ4v) is 3.20. The molecule has 3 rings (SSSR count). The number of amides is 1. The summed E-state index contributed by atoms with van der Waals surface area (Å²) in [6.07, 6.45) is 2.67. The molecule has 2 aliphatic rings. The molecule has 1 aliphatic heterocycles. The highest BCUT2D eigenvalue weighted by atomic mass is 16.5. The lowest BCUT2D eigenvalue weighted by Gasteiger charge is -2.35. The SMILES string of the molecule is CC(C)N1CCO[C@H](CC(=O)NCC2(COc3ccccc3)CC2)C1. The minimum Gasteiger partial charge on any atom is -0.493 e. The van der Waals surface area contributed by atoms with Gasteiger partial charge in [0.1, 0.15) is 5.75 Å². The summed E-state index contributed by atoms with van der Waals surface area (Å²) in [6.45, 7) is 8.24. The number of hydrogen-bond acceptors (Lipinski definition) is 4. The maximum Gasteiger partial charge on any atom is 0.222 e. The van der Waals surface area contributed by atoms with Crippen LogP contribution in [0, 0.1) is 5.41 Å². The number of para-hydroxylation sites is 1. The first kappa shape index (κ1) is 18.2. The van der Waals surface area contributed by atoms with E-state index < -0.39 is 0 Å². The quantitative estimate of drug-likeness (QED) is 0.786. The van der Waals surface area contributed by atoms with Crippen LogP contribution >= 0.6 is 0 Å². The molecule has 1 saturated carbocycles. The fourth-order valence-electron chi connectivity index (χ4n) is 3.20. The second-order valence-corrected chi connectivity index (χ2v) is 7.66. The molecule has 0 unspecified atom stereocenters. The minimum absolute atomic E-state index is 0.00636. The number of nitrogens with one attached hydrogen (secondary N) is 1. The van der Waals surface area contributed by atoms with Crippen LogP contribution in [0.2, 0.25) is 0 Å². The van der Waals surface area contributed by atoms with Crippen molar-refractivity contribution in [2.45, 2.75) is 45.3 Å². The van der Waals surface area contributed by atoms with Gasteiger partial charge < -0.3 is 14.8 Å². The smallest absolute Gasteiger partial charge is 0.222 e. The molecule has 1 aromatic rings. The van der Waals surface area contributed by atoms with Gasteiger partial charge in [-0.05, 0) is 38.8 Å². The molecule has 0 bridgehead atoms. The summed E-state index contributed by atoms with van der Waals surface area (Å²) in [5.41, 5.74) is 0.114. The first-order chi connectivity index (χ1) is 12.1. The second-order valence-electron chi connectivity index (χ2n) is 7.66. The van der Waals surface area contributed by atoms with Gasteiger partial charge in [0.15, 0.2) is 0 Å². The molecule has 0 radical (unpaired) electrons. The highest BCUT2D eigenvalue weighted by Gasteiger charge is 2.43. The van der Waals surface area contributed by atoms with Gasteiger partial charge in [-0.3, -0.25) is 9.69 Å². The molecule has 0 aromatic heterocycles. The molecule has 5 heteroatoms. The van der Waals surface area contributed by atoms with Gasteiger partial charge >= 0.3 is 0 Å². The Hall–Kier alpha value is -1.59. The van der Waals surface area contributed by atoms with Gasteiger partial charge in [-0.1, -0.05) is 18.2 Å². The van der Waals surface area contributed by atoms with Crippen LogP contribution < -0.4 is 10.1 Å². The fraction of sp³-hybridized carbons (Fsp3) is 0.650. The zero-order chi connectivity index (χ0) is 17.7. The largest absolute Gasteiger partial charge is 0.493 e. The Morgan fingerprint density at radius 2 is 2.12 bits per heavy atom. The predicted octanol–water partition coefficient (Wildman–Crippen LogP) is 2.46. The molecule has 1 amide bonds. The Kier molecular flexibility index (Phi) is 5.97. The number of nitrogens with zero attached hydrogens (tertiary/aromatic N) is 1. The lowest BCUT2D eigenvalue weighted by Crippen LogP contribution is -2.47. The number of hydrogen-bond donors (Lipinski definition) is 1. The van der Waals surface area contributed by atoms with Crippen LogP contribution in [0.25, 0.3) is 0 Å². The second kappa shape index (κ2) is 8.19. The van der Waals surface area contributed by atoms with E-state index in [0.717, 1.165) is 31.7 Å². The van der Waals surface area contributed by atoms with Gasteiger partial charge in [-0.2, -0.15) is 0 Å².